The molecule has 1 amide bonds. The third kappa shape index (κ3) is 2.88. The first-order valence-electron chi connectivity index (χ1n) is 6.22. The molecule has 0 aliphatic carbocycles. The Morgan fingerprint density at radius 2 is 2.10 bits per heavy atom. The zero-order valence-corrected chi connectivity index (χ0v) is 12.4. The first-order valence-corrected chi connectivity index (χ1v) is 7.04. The number of carboxylic acids is 1. The van der Waals surface area contributed by atoms with Crippen molar-refractivity contribution in [3.63, 3.8) is 0 Å². The highest BCUT2D eigenvalue weighted by Crippen LogP contribution is 2.33. The van der Waals surface area contributed by atoms with Crippen LogP contribution in [0.25, 0.3) is 10.1 Å². The van der Waals surface area contributed by atoms with Crippen molar-refractivity contribution < 1.29 is 19.1 Å². The van der Waals surface area contributed by atoms with Crippen LogP contribution in [-0.2, 0) is 11.3 Å². The number of carbonyl (C=O) groups is 2. The highest BCUT2D eigenvalue weighted by molar-refractivity contribution is 7.21. The van der Waals surface area contributed by atoms with Gasteiger partial charge in [0.05, 0.1) is 5.54 Å². The maximum atomic E-state index is 14.0. The van der Waals surface area contributed by atoms with Gasteiger partial charge in [0.1, 0.15) is 10.7 Å². The lowest BCUT2D eigenvalue weighted by Gasteiger charge is -2.22. The normalized spacial score (nSPS) is 11.8. The number of amides is 1. The summed E-state index contributed by atoms with van der Waals surface area (Å²) in [5.41, 5.74) is 4.57. The van der Waals surface area contributed by atoms with E-state index in [9.17, 15) is 19.1 Å². The number of primary amides is 1. The fourth-order valence-corrected chi connectivity index (χ4v) is 2.98. The van der Waals surface area contributed by atoms with Crippen LogP contribution in [-0.4, -0.2) is 22.5 Å². The number of hydrogen-bond donors (Lipinski definition) is 3. The molecule has 0 bridgehead atoms. The molecule has 0 aliphatic heterocycles. The van der Waals surface area contributed by atoms with Crippen LogP contribution in [0, 0.1) is 5.82 Å². The summed E-state index contributed by atoms with van der Waals surface area (Å²) >= 11 is 1.01. The van der Waals surface area contributed by atoms with E-state index in [2.05, 4.69) is 5.32 Å². The summed E-state index contributed by atoms with van der Waals surface area (Å²) in [6, 6.07) is 4.48. The van der Waals surface area contributed by atoms with Crippen LogP contribution in [0.5, 0.6) is 0 Å². The van der Waals surface area contributed by atoms with Crippen molar-refractivity contribution in [2.45, 2.75) is 25.9 Å². The molecular weight excluding hydrogens is 295 g/mol. The average Bonchev–Trinajstić information content (AvgIpc) is 2.76. The van der Waals surface area contributed by atoms with Gasteiger partial charge in [-0.1, -0.05) is 6.07 Å². The Balaban J connectivity index is 2.49. The Hall–Kier alpha value is -1.99. The molecule has 0 unspecified atom stereocenters. The minimum atomic E-state index is -1.12. The van der Waals surface area contributed by atoms with Crippen molar-refractivity contribution in [1.29, 1.82) is 0 Å². The molecule has 0 saturated heterocycles. The summed E-state index contributed by atoms with van der Waals surface area (Å²) in [4.78, 5) is 22.7. The van der Waals surface area contributed by atoms with Gasteiger partial charge in [0, 0.05) is 22.2 Å². The zero-order valence-electron chi connectivity index (χ0n) is 11.6. The summed E-state index contributed by atoms with van der Waals surface area (Å²) < 4.78 is 14.6. The molecule has 0 aliphatic rings. The minimum Gasteiger partial charge on any atom is -0.477 e. The standard InChI is InChI=1S/C14H15FN2O3S/c1-14(2,13(16)20)17-6-7-10-8(15)4-3-5-9(10)21-11(7)12(18)19/h3-5,17H,6H2,1-2H3,(H2,16,20)(H,18,19). The van der Waals surface area contributed by atoms with E-state index >= 15 is 0 Å². The predicted molar refractivity (Wildman–Crippen MR) is 78.9 cm³/mol. The van der Waals surface area contributed by atoms with Crippen molar-refractivity contribution in [2.24, 2.45) is 5.73 Å². The summed E-state index contributed by atoms with van der Waals surface area (Å²) in [5, 5.41) is 12.4. The van der Waals surface area contributed by atoms with Crippen LogP contribution in [0.2, 0.25) is 0 Å². The second kappa shape index (κ2) is 5.42. The van der Waals surface area contributed by atoms with Crippen molar-refractivity contribution in [1.82, 2.24) is 5.32 Å². The van der Waals surface area contributed by atoms with E-state index in [-0.39, 0.29) is 16.8 Å². The molecule has 2 rings (SSSR count). The Bertz CT molecular complexity index is 724. The Labute approximate surface area is 124 Å². The summed E-state index contributed by atoms with van der Waals surface area (Å²) in [6.45, 7) is 3.21. The van der Waals surface area contributed by atoms with E-state index in [0.29, 0.717) is 10.3 Å². The van der Waals surface area contributed by atoms with Gasteiger partial charge in [0.15, 0.2) is 0 Å². The second-order valence-corrected chi connectivity index (χ2v) is 6.22. The molecule has 5 nitrogen and oxygen atoms in total. The summed E-state index contributed by atoms with van der Waals surface area (Å²) in [7, 11) is 0. The van der Waals surface area contributed by atoms with Crippen LogP contribution in [0.15, 0.2) is 18.2 Å². The van der Waals surface area contributed by atoms with Crippen LogP contribution in [0.3, 0.4) is 0 Å². The number of fused-ring (bicyclic) bond motifs is 1. The first-order chi connectivity index (χ1) is 9.74. The topological polar surface area (TPSA) is 92.4 Å². The number of carboxylic acid groups (broad SMARTS) is 1. The third-order valence-electron chi connectivity index (χ3n) is 3.28. The lowest BCUT2D eigenvalue weighted by Crippen LogP contribution is -2.50. The van der Waals surface area contributed by atoms with Crippen LogP contribution < -0.4 is 11.1 Å². The largest absolute Gasteiger partial charge is 0.477 e. The molecule has 1 heterocycles. The van der Waals surface area contributed by atoms with E-state index < -0.39 is 23.2 Å². The highest BCUT2D eigenvalue weighted by atomic mass is 32.1. The number of thiophene rings is 1. The molecule has 1 aromatic heterocycles. The predicted octanol–water partition coefficient (Wildman–Crippen LogP) is 2.09. The van der Waals surface area contributed by atoms with E-state index in [1.165, 1.54) is 12.1 Å². The van der Waals surface area contributed by atoms with Crippen LogP contribution in [0.1, 0.15) is 29.1 Å². The smallest absolute Gasteiger partial charge is 0.346 e. The molecule has 112 valence electrons. The average molecular weight is 310 g/mol. The van der Waals surface area contributed by atoms with Crippen molar-refractivity contribution >= 4 is 33.3 Å². The third-order valence-corrected chi connectivity index (χ3v) is 4.47. The van der Waals surface area contributed by atoms with Gasteiger partial charge in [0.2, 0.25) is 5.91 Å². The fraction of sp³-hybridized carbons (Fsp3) is 0.286. The molecule has 0 spiro atoms. The molecule has 7 heteroatoms. The minimum absolute atomic E-state index is 0.0402. The number of aromatic carboxylic acids is 1. The number of hydrogen-bond acceptors (Lipinski definition) is 4. The van der Waals surface area contributed by atoms with Gasteiger partial charge in [0.25, 0.3) is 0 Å². The zero-order chi connectivity index (χ0) is 15.8. The quantitative estimate of drug-likeness (QED) is 0.788. The lowest BCUT2D eigenvalue weighted by atomic mass is 10.0. The van der Waals surface area contributed by atoms with Gasteiger partial charge in [-0.3, -0.25) is 10.1 Å². The molecule has 0 saturated carbocycles. The Morgan fingerprint density at radius 3 is 2.67 bits per heavy atom. The van der Waals surface area contributed by atoms with Gasteiger partial charge in [-0.25, -0.2) is 9.18 Å². The van der Waals surface area contributed by atoms with Gasteiger partial charge >= 0.3 is 5.97 Å². The Morgan fingerprint density at radius 1 is 1.43 bits per heavy atom. The second-order valence-electron chi connectivity index (χ2n) is 5.17. The number of benzene rings is 1. The number of carbonyl (C=O) groups excluding carboxylic acids is 1. The molecule has 21 heavy (non-hydrogen) atoms. The molecule has 0 radical (unpaired) electrons. The summed E-state index contributed by atoms with van der Waals surface area (Å²) in [5.74, 6) is -2.17. The molecule has 0 atom stereocenters. The van der Waals surface area contributed by atoms with Gasteiger partial charge in [-0.2, -0.15) is 0 Å². The molecule has 2 aromatic rings. The molecule has 1 aromatic carbocycles. The van der Waals surface area contributed by atoms with Crippen molar-refractivity contribution in [3.05, 3.63) is 34.5 Å². The Kier molecular flexibility index (Phi) is 3.97. The lowest BCUT2D eigenvalue weighted by molar-refractivity contribution is -0.123. The number of nitrogens with one attached hydrogen (secondary N) is 1. The van der Waals surface area contributed by atoms with Gasteiger partial charge < -0.3 is 10.8 Å². The maximum absolute atomic E-state index is 14.0. The van der Waals surface area contributed by atoms with Crippen LogP contribution in [0.4, 0.5) is 4.39 Å². The molecule has 4 N–H and O–H groups in total. The maximum Gasteiger partial charge on any atom is 0.346 e. The SMILES string of the molecule is CC(C)(NCc1c(C(=O)O)sc2cccc(F)c12)C(N)=O. The number of halogens is 1. The van der Waals surface area contributed by atoms with Gasteiger partial charge in [-0.15, -0.1) is 11.3 Å². The van der Waals surface area contributed by atoms with Gasteiger partial charge in [-0.05, 0) is 26.0 Å². The van der Waals surface area contributed by atoms with Crippen molar-refractivity contribution in [3.8, 4) is 0 Å². The van der Waals surface area contributed by atoms with Crippen LogP contribution >= 0.6 is 11.3 Å². The van der Waals surface area contributed by atoms with E-state index in [4.69, 9.17) is 5.73 Å². The number of rotatable bonds is 5. The van der Waals surface area contributed by atoms with E-state index in [1.807, 2.05) is 0 Å². The summed E-state index contributed by atoms with van der Waals surface area (Å²) in [6.07, 6.45) is 0. The fourth-order valence-electron chi connectivity index (χ4n) is 1.91. The van der Waals surface area contributed by atoms with E-state index in [0.717, 1.165) is 11.3 Å². The molecular formula is C14H15FN2O3S. The monoisotopic (exact) mass is 310 g/mol. The highest BCUT2D eigenvalue weighted by Gasteiger charge is 2.26. The number of nitrogens with two attached hydrogens (primary N) is 1. The first kappa shape index (κ1) is 15.4. The molecule has 0 fully saturated rings. The van der Waals surface area contributed by atoms with E-state index in [1.54, 1.807) is 19.9 Å². The van der Waals surface area contributed by atoms with Crippen molar-refractivity contribution in [2.75, 3.05) is 0 Å².